The number of benzene rings is 1. The lowest BCUT2D eigenvalue weighted by Gasteiger charge is -2.07. The van der Waals surface area contributed by atoms with Crippen molar-refractivity contribution < 1.29 is 4.39 Å². The molecule has 0 unspecified atom stereocenters. The summed E-state index contributed by atoms with van der Waals surface area (Å²) in [5, 5.41) is 1.91. The molecule has 21 heavy (non-hydrogen) atoms. The number of nitrogens with zero attached hydrogens (tertiary/aromatic N) is 2. The molecular formula is C16H15FN2OS. The maximum absolute atomic E-state index is 13.0. The van der Waals surface area contributed by atoms with Crippen molar-refractivity contribution in [3.8, 4) is 11.1 Å². The molecule has 0 aliphatic heterocycles. The molecule has 3 nitrogen and oxygen atoms in total. The van der Waals surface area contributed by atoms with E-state index in [4.69, 9.17) is 0 Å². The van der Waals surface area contributed by atoms with Crippen LogP contribution >= 0.6 is 11.3 Å². The molecule has 0 bridgehead atoms. The summed E-state index contributed by atoms with van der Waals surface area (Å²) in [4.78, 5) is 16.9. The Morgan fingerprint density at radius 3 is 2.67 bits per heavy atom. The SMILES string of the molecule is CC(C)Cn1cnc2c(-c3ccc(F)cc3)csc2c1=O. The lowest BCUT2D eigenvalue weighted by molar-refractivity contribution is 0.509. The van der Waals surface area contributed by atoms with Crippen LogP contribution in [-0.2, 0) is 6.54 Å². The Bertz CT molecular complexity index is 834. The predicted octanol–water partition coefficient (Wildman–Crippen LogP) is 3.92. The molecule has 0 saturated carbocycles. The van der Waals surface area contributed by atoms with Gasteiger partial charge in [0.15, 0.2) is 0 Å². The molecule has 0 aliphatic rings. The molecule has 2 aromatic heterocycles. The average Bonchev–Trinajstić information content (AvgIpc) is 2.87. The molecular weight excluding hydrogens is 287 g/mol. The zero-order valence-corrected chi connectivity index (χ0v) is 12.7. The smallest absolute Gasteiger partial charge is 0.271 e. The Morgan fingerprint density at radius 2 is 2.00 bits per heavy atom. The Morgan fingerprint density at radius 1 is 1.29 bits per heavy atom. The maximum Gasteiger partial charge on any atom is 0.271 e. The van der Waals surface area contributed by atoms with E-state index >= 15 is 0 Å². The van der Waals surface area contributed by atoms with Crippen molar-refractivity contribution in [1.29, 1.82) is 0 Å². The Labute approximate surface area is 125 Å². The van der Waals surface area contributed by atoms with Crippen LogP contribution in [0.3, 0.4) is 0 Å². The predicted molar refractivity (Wildman–Crippen MR) is 84.1 cm³/mol. The summed E-state index contributed by atoms with van der Waals surface area (Å²) in [5.74, 6) is 0.115. The van der Waals surface area contributed by atoms with Gasteiger partial charge in [-0.2, -0.15) is 0 Å². The second-order valence-electron chi connectivity index (χ2n) is 5.43. The van der Waals surface area contributed by atoms with Crippen molar-refractivity contribution in [3.05, 3.63) is 52.1 Å². The monoisotopic (exact) mass is 302 g/mol. The van der Waals surface area contributed by atoms with Gasteiger partial charge < -0.3 is 0 Å². The number of hydrogen-bond acceptors (Lipinski definition) is 3. The summed E-state index contributed by atoms with van der Waals surface area (Å²) < 4.78 is 15.3. The molecule has 108 valence electrons. The summed E-state index contributed by atoms with van der Waals surface area (Å²) in [7, 11) is 0. The highest BCUT2D eigenvalue weighted by Crippen LogP contribution is 2.30. The van der Waals surface area contributed by atoms with E-state index in [-0.39, 0.29) is 11.4 Å². The van der Waals surface area contributed by atoms with Crippen LogP contribution < -0.4 is 5.56 Å². The number of hydrogen-bond donors (Lipinski definition) is 0. The van der Waals surface area contributed by atoms with Gasteiger partial charge in [0.2, 0.25) is 0 Å². The first-order valence-corrected chi connectivity index (χ1v) is 7.67. The van der Waals surface area contributed by atoms with Crippen LogP contribution in [0.4, 0.5) is 4.39 Å². The lowest BCUT2D eigenvalue weighted by Crippen LogP contribution is -2.22. The second kappa shape index (κ2) is 5.41. The average molecular weight is 302 g/mol. The second-order valence-corrected chi connectivity index (χ2v) is 6.31. The number of fused-ring (bicyclic) bond motifs is 1. The van der Waals surface area contributed by atoms with E-state index in [0.29, 0.717) is 22.7 Å². The van der Waals surface area contributed by atoms with E-state index < -0.39 is 0 Å². The molecule has 5 heteroatoms. The van der Waals surface area contributed by atoms with Crippen LogP contribution in [0, 0.1) is 11.7 Å². The van der Waals surface area contributed by atoms with E-state index in [1.54, 1.807) is 23.0 Å². The number of rotatable bonds is 3. The largest absolute Gasteiger partial charge is 0.298 e. The van der Waals surface area contributed by atoms with Gasteiger partial charge in [-0.05, 0) is 23.6 Å². The summed E-state index contributed by atoms with van der Waals surface area (Å²) in [5.41, 5.74) is 2.43. The van der Waals surface area contributed by atoms with Crippen LogP contribution in [0.25, 0.3) is 21.3 Å². The van der Waals surface area contributed by atoms with Gasteiger partial charge in [-0.15, -0.1) is 11.3 Å². The highest BCUT2D eigenvalue weighted by atomic mass is 32.1. The van der Waals surface area contributed by atoms with E-state index in [1.165, 1.54) is 23.5 Å². The van der Waals surface area contributed by atoms with E-state index in [2.05, 4.69) is 18.8 Å². The van der Waals surface area contributed by atoms with Gasteiger partial charge >= 0.3 is 0 Å². The Balaban J connectivity index is 2.13. The summed E-state index contributed by atoms with van der Waals surface area (Å²) in [6.45, 7) is 4.79. The fourth-order valence-electron chi connectivity index (χ4n) is 2.30. The number of aromatic nitrogens is 2. The molecule has 0 radical (unpaired) electrons. The molecule has 2 heterocycles. The quantitative estimate of drug-likeness (QED) is 0.735. The van der Waals surface area contributed by atoms with Crippen LogP contribution in [0.1, 0.15) is 13.8 Å². The van der Waals surface area contributed by atoms with Gasteiger partial charge in [-0.25, -0.2) is 9.37 Å². The normalized spacial score (nSPS) is 11.4. The molecule has 0 N–H and O–H groups in total. The molecule has 0 atom stereocenters. The van der Waals surface area contributed by atoms with Crippen LogP contribution in [0.5, 0.6) is 0 Å². The highest BCUT2D eigenvalue weighted by molar-refractivity contribution is 7.17. The summed E-state index contributed by atoms with van der Waals surface area (Å²) in [6.07, 6.45) is 1.60. The summed E-state index contributed by atoms with van der Waals surface area (Å²) in [6, 6.07) is 6.24. The van der Waals surface area contributed by atoms with E-state index in [0.717, 1.165) is 11.1 Å². The van der Waals surface area contributed by atoms with E-state index in [9.17, 15) is 9.18 Å². The fraction of sp³-hybridized carbons (Fsp3) is 0.250. The van der Waals surface area contributed by atoms with Crippen molar-refractivity contribution in [2.75, 3.05) is 0 Å². The van der Waals surface area contributed by atoms with Gasteiger partial charge in [0, 0.05) is 17.5 Å². The molecule has 0 aliphatic carbocycles. The molecule has 0 saturated heterocycles. The number of halogens is 1. The van der Waals surface area contributed by atoms with Crippen molar-refractivity contribution in [1.82, 2.24) is 9.55 Å². The lowest BCUT2D eigenvalue weighted by atomic mass is 10.1. The Kier molecular flexibility index (Phi) is 3.59. The highest BCUT2D eigenvalue weighted by Gasteiger charge is 2.12. The topological polar surface area (TPSA) is 34.9 Å². The zero-order valence-electron chi connectivity index (χ0n) is 11.8. The van der Waals surface area contributed by atoms with E-state index in [1.807, 2.05) is 5.38 Å². The minimum absolute atomic E-state index is 0.00735. The Hall–Kier alpha value is -2.01. The first kappa shape index (κ1) is 13.9. The van der Waals surface area contributed by atoms with Gasteiger partial charge in [0.25, 0.3) is 5.56 Å². The van der Waals surface area contributed by atoms with Gasteiger partial charge in [-0.3, -0.25) is 9.36 Å². The van der Waals surface area contributed by atoms with Crippen molar-refractivity contribution in [2.45, 2.75) is 20.4 Å². The van der Waals surface area contributed by atoms with Gasteiger partial charge in [0.1, 0.15) is 10.5 Å². The fourth-order valence-corrected chi connectivity index (χ4v) is 3.28. The van der Waals surface area contributed by atoms with Crippen molar-refractivity contribution in [2.24, 2.45) is 5.92 Å². The molecule has 0 amide bonds. The zero-order chi connectivity index (χ0) is 15.0. The summed E-state index contributed by atoms with van der Waals surface area (Å²) >= 11 is 1.39. The van der Waals surface area contributed by atoms with Crippen molar-refractivity contribution >= 4 is 21.6 Å². The molecule has 0 spiro atoms. The molecule has 1 aromatic carbocycles. The minimum atomic E-state index is -0.273. The molecule has 3 aromatic rings. The number of thiophene rings is 1. The van der Waals surface area contributed by atoms with Crippen molar-refractivity contribution in [3.63, 3.8) is 0 Å². The van der Waals surface area contributed by atoms with Crippen LogP contribution in [0.15, 0.2) is 40.8 Å². The third-order valence-corrected chi connectivity index (χ3v) is 4.22. The van der Waals surface area contributed by atoms with Crippen LogP contribution in [0.2, 0.25) is 0 Å². The molecule has 3 rings (SSSR count). The standard InChI is InChI=1S/C16H15FN2OS/c1-10(2)7-19-9-18-14-13(8-21-15(14)16(19)20)11-3-5-12(17)6-4-11/h3-6,8-10H,7H2,1-2H3. The molecule has 0 fully saturated rings. The third-order valence-electron chi connectivity index (χ3n) is 3.26. The third kappa shape index (κ3) is 2.61. The first-order valence-electron chi connectivity index (χ1n) is 6.79. The first-order chi connectivity index (χ1) is 10.1. The minimum Gasteiger partial charge on any atom is -0.298 e. The maximum atomic E-state index is 13.0. The van der Waals surface area contributed by atoms with Gasteiger partial charge in [0.05, 0.1) is 11.8 Å². The van der Waals surface area contributed by atoms with Crippen LogP contribution in [-0.4, -0.2) is 9.55 Å². The van der Waals surface area contributed by atoms with Gasteiger partial charge in [-0.1, -0.05) is 26.0 Å².